The predicted octanol–water partition coefficient (Wildman–Crippen LogP) is 2.57. The molecule has 28 heavy (non-hydrogen) atoms. The molecule has 0 saturated carbocycles. The first-order valence-corrected chi connectivity index (χ1v) is 9.60. The van der Waals surface area contributed by atoms with Gasteiger partial charge in [-0.2, -0.15) is 0 Å². The van der Waals surface area contributed by atoms with Crippen molar-refractivity contribution in [2.24, 2.45) is 0 Å². The monoisotopic (exact) mass is 381 g/mol. The average molecular weight is 381 g/mol. The van der Waals surface area contributed by atoms with Crippen molar-refractivity contribution in [2.45, 2.75) is 26.4 Å². The molecule has 0 bridgehead atoms. The zero-order chi connectivity index (χ0) is 19.9. The Morgan fingerprint density at radius 2 is 1.86 bits per heavy atom. The molecule has 0 radical (unpaired) electrons. The molecule has 1 fully saturated rings. The molecule has 0 spiro atoms. The fraction of sp³-hybridized carbons (Fsp3) is 0.381. The van der Waals surface area contributed by atoms with E-state index < -0.39 is 0 Å². The number of piperazine rings is 1. The maximum atomic E-state index is 12.8. The van der Waals surface area contributed by atoms with Crippen LogP contribution in [0, 0.1) is 0 Å². The van der Waals surface area contributed by atoms with Crippen LogP contribution in [0.15, 0.2) is 48.7 Å². The van der Waals surface area contributed by atoms with Crippen LogP contribution in [0.1, 0.15) is 29.9 Å². The van der Waals surface area contributed by atoms with E-state index in [2.05, 4.69) is 20.5 Å². The highest BCUT2D eigenvalue weighted by Gasteiger charge is 2.22. The number of aromatic nitrogens is 1. The third-order valence-electron chi connectivity index (χ3n) is 4.56. The lowest BCUT2D eigenvalue weighted by Crippen LogP contribution is -2.48. The number of hydrogen-bond acceptors (Lipinski definition) is 4. The topological polar surface area (TPSA) is 77.6 Å². The molecule has 7 heteroatoms. The summed E-state index contributed by atoms with van der Waals surface area (Å²) in [5, 5.41) is 5.54. The number of rotatable bonds is 5. The van der Waals surface area contributed by atoms with Crippen LogP contribution in [0.25, 0.3) is 0 Å². The number of nitrogens with one attached hydrogen (secondary N) is 2. The molecule has 2 heterocycles. The normalized spacial score (nSPS) is 14.8. The number of amides is 3. The summed E-state index contributed by atoms with van der Waals surface area (Å²) in [6.45, 7) is 7.58. The highest BCUT2D eigenvalue weighted by molar-refractivity contribution is 5.97. The van der Waals surface area contributed by atoms with Crippen LogP contribution in [-0.4, -0.2) is 58.9 Å². The lowest BCUT2D eigenvalue weighted by molar-refractivity contribution is 0.0627. The molecule has 3 amide bonds. The fourth-order valence-electron chi connectivity index (χ4n) is 3.17. The smallest absolute Gasteiger partial charge is 0.319 e. The van der Waals surface area contributed by atoms with E-state index in [1.165, 1.54) is 0 Å². The molecule has 148 valence electrons. The van der Waals surface area contributed by atoms with Crippen molar-refractivity contribution < 1.29 is 9.59 Å². The summed E-state index contributed by atoms with van der Waals surface area (Å²) in [6.07, 6.45) is 1.80. The van der Waals surface area contributed by atoms with Gasteiger partial charge in [0.25, 0.3) is 5.91 Å². The number of carbonyl (C=O) groups is 2. The lowest BCUT2D eigenvalue weighted by atomic mass is 10.1. The van der Waals surface area contributed by atoms with Gasteiger partial charge in [0.2, 0.25) is 0 Å². The lowest BCUT2D eigenvalue weighted by Gasteiger charge is -2.34. The Balaban J connectivity index is 1.55. The van der Waals surface area contributed by atoms with Crippen molar-refractivity contribution in [1.82, 2.24) is 20.1 Å². The van der Waals surface area contributed by atoms with Gasteiger partial charge < -0.3 is 15.5 Å². The van der Waals surface area contributed by atoms with Gasteiger partial charge in [0, 0.05) is 56.2 Å². The molecule has 0 unspecified atom stereocenters. The predicted molar refractivity (Wildman–Crippen MR) is 109 cm³/mol. The Labute approximate surface area is 165 Å². The Morgan fingerprint density at radius 1 is 1.07 bits per heavy atom. The molecule has 7 nitrogen and oxygen atoms in total. The van der Waals surface area contributed by atoms with Gasteiger partial charge in [0.1, 0.15) is 0 Å². The molecule has 1 aliphatic heterocycles. The SMILES string of the molecule is CC(C)NC(=O)Nc1cccc(C(=O)N2CCN(Cc3ccccn3)CC2)c1. The van der Waals surface area contributed by atoms with E-state index >= 15 is 0 Å². The van der Waals surface area contributed by atoms with E-state index in [1.807, 2.05) is 36.9 Å². The second-order valence-corrected chi connectivity index (χ2v) is 7.22. The second kappa shape index (κ2) is 9.32. The first-order valence-electron chi connectivity index (χ1n) is 9.60. The average Bonchev–Trinajstić information content (AvgIpc) is 2.68. The zero-order valence-corrected chi connectivity index (χ0v) is 16.4. The zero-order valence-electron chi connectivity index (χ0n) is 16.4. The van der Waals surface area contributed by atoms with Crippen molar-refractivity contribution in [3.05, 3.63) is 59.9 Å². The molecule has 1 aromatic carbocycles. The van der Waals surface area contributed by atoms with E-state index in [0.717, 1.165) is 25.3 Å². The van der Waals surface area contributed by atoms with E-state index in [0.29, 0.717) is 24.3 Å². The van der Waals surface area contributed by atoms with Crippen LogP contribution < -0.4 is 10.6 Å². The van der Waals surface area contributed by atoms with E-state index in [-0.39, 0.29) is 18.0 Å². The van der Waals surface area contributed by atoms with E-state index in [1.54, 1.807) is 30.5 Å². The summed E-state index contributed by atoms with van der Waals surface area (Å²) >= 11 is 0. The summed E-state index contributed by atoms with van der Waals surface area (Å²) < 4.78 is 0. The van der Waals surface area contributed by atoms with Crippen molar-refractivity contribution in [3.63, 3.8) is 0 Å². The summed E-state index contributed by atoms with van der Waals surface area (Å²) in [5.41, 5.74) is 2.24. The molecule has 1 aliphatic rings. The number of pyridine rings is 1. The summed E-state index contributed by atoms with van der Waals surface area (Å²) in [4.78, 5) is 33.2. The molecule has 1 saturated heterocycles. The number of hydrogen-bond donors (Lipinski definition) is 2. The largest absolute Gasteiger partial charge is 0.336 e. The molecule has 2 aromatic rings. The Kier molecular flexibility index (Phi) is 6.60. The van der Waals surface area contributed by atoms with Gasteiger partial charge in [-0.05, 0) is 44.2 Å². The van der Waals surface area contributed by atoms with Gasteiger partial charge in [-0.15, -0.1) is 0 Å². The number of anilines is 1. The summed E-state index contributed by atoms with van der Waals surface area (Å²) in [7, 11) is 0. The van der Waals surface area contributed by atoms with Crippen LogP contribution in [0.2, 0.25) is 0 Å². The van der Waals surface area contributed by atoms with Gasteiger partial charge in [0.15, 0.2) is 0 Å². The van der Waals surface area contributed by atoms with Crippen molar-refractivity contribution in [1.29, 1.82) is 0 Å². The van der Waals surface area contributed by atoms with E-state index in [4.69, 9.17) is 0 Å². The van der Waals surface area contributed by atoms with Crippen LogP contribution in [0.3, 0.4) is 0 Å². The van der Waals surface area contributed by atoms with Crippen molar-refractivity contribution >= 4 is 17.6 Å². The van der Waals surface area contributed by atoms with Gasteiger partial charge >= 0.3 is 6.03 Å². The molecular weight excluding hydrogens is 354 g/mol. The minimum absolute atomic E-state index is 0.00889. The van der Waals surface area contributed by atoms with Crippen molar-refractivity contribution in [2.75, 3.05) is 31.5 Å². The van der Waals surface area contributed by atoms with Gasteiger partial charge in [-0.1, -0.05) is 12.1 Å². The quantitative estimate of drug-likeness (QED) is 0.835. The van der Waals surface area contributed by atoms with Crippen molar-refractivity contribution in [3.8, 4) is 0 Å². The summed E-state index contributed by atoms with van der Waals surface area (Å²) in [5.74, 6) is -0.00889. The third kappa shape index (κ3) is 5.53. The molecular formula is C21H27N5O2. The minimum atomic E-state index is -0.275. The highest BCUT2D eigenvalue weighted by atomic mass is 16.2. The molecule has 1 aromatic heterocycles. The fourth-order valence-corrected chi connectivity index (χ4v) is 3.17. The number of urea groups is 1. The molecule has 2 N–H and O–H groups in total. The Morgan fingerprint density at radius 3 is 2.54 bits per heavy atom. The van der Waals surface area contributed by atoms with Gasteiger partial charge in [0.05, 0.1) is 5.69 Å². The van der Waals surface area contributed by atoms with Crippen LogP contribution in [0.5, 0.6) is 0 Å². The molecule has 0 aliphatic carbocycles. The maximum Gasteiger partial charge on any atom is 0.319 e. The van der Waals surface area contributed by atoms with Crippen LogP contribution >= 0.6 is 0 Å². The van der Waals surface area contributed by atoms with Gasteiger partial charge in [-0.25, -0.2) is 4.79 Å². The molecule has 0 atom stereocenters. The third-order valence-corrected chi connectivity index (χ3v) is 4.56. The first-order chi connectivity index (χ1) is 13.5. The van der Waals surface area contributed by atoms with Crippen LogP contribution in [-0.2, 0) is 6.54 Å². The Bertz CT molecular complexity index is 801. The maximum absolute atomic E-state index is 12.8. The number of benzene rings is 1. The molecule has 3 rings (SSSR count). The summed E-state index contributed by atoms with van der Waals surface area (Å²) in [6, 6.07) is 12.8. The highest BCUT2D eigenvalue weighted by Crippen LogP contribution is 2.15. The Hall–Kier alpha value is -2.93. The van der Waals surface area contributed by atoms with Crippen LogP contribution in [0.4, 0.5) is 10.5 Å². The standard InChI is InChI=1S/C21H27N5O2/c1-16(2)23-21(28)24-18-8-5-6-17(14-18)20(27)26-12-10-25(11-13-26)15-19-7-3-4-9-22-19/h3-9,14,16H,10-13,15H2,1-2H3,(H2,23,24,28). The number of nitrogens with zero attached hydrogens (tertiary/aromatic N) is 3. The minimum Gasteiger partial charge on any atom is -0.336 e. The first kappa shape index (κ1) is 19.8. The van der Waals surface area contributed by atoms with Gasteiger partial charge in [-0.3, -0.25) is 14.7 Å². The van der Waals surface area contributed by atoms with E-state index in [9.17, 15) is 9.59 Å². The number of carbonyl (C=O) groups excluding carboxylic acids is 2. The second-order valence-electron chi connectivity index (χ2n) is 7.22.